The summed E-state index contributed by atoms with van der Waals surface area (Å²) in [4.78, 5) is 10.5. The lowest BCUT2D eigenvalue weighted by molar-refractivity contribution is -0.136. The number of carboxylic acids is 1. The molecule has 1 saturated carbocycles. The van der Waals surface area contributed by atoms with Crippen molar-refractivity contribution in [2.75, 3.05) is 6.61 Å². The first-order valence-corrected chi connectivity index (χ1v) is 5.94. The van der Waals surface area contributed by atoms with Crippen LogP contribution in [0.3, 0.4) is 0 Å². The SMILES string of the molecule is N#CCC1(COc2ccc(CC(=O)O)cc2)CC1. The number of hydrogen-bond acceptors (Lipinski definition) is 3. The fraction of sp³-hybridized carbons (Fsp3) is 0.429. The van der Waals surface area contributed by atoms with E-state index in [2.05, 4.69) is 6.07 Å². The smallest absolute Gasteiger partial charge is 0.307 e. The Balaban J connectivity index is 1.87. The zero-order valence-corrected chi connectivity index (χ0v) is 10.1. The largest absolute Gasteiger partial charge is 0.493 e. The van der Waals surface area contributed by atoms with E-state index in [1.807, 2.05) is 0 Å². The van der Waals surface area contributed by atoms with Gasteiger partial charge in [0.2, 0.25) is 0 Å². The Morgan fingerprint density at radius 1 is 1.39 bits per heavy atom. The molecule has 0 saturated heterocycles. The average molecular weight is 245 g/mol. The van der Waals surface area contributed by atoms with Crippen LogP contribution in [0.2, 0.25) is 0 Å². The highest BCUT2D eigenvalue weighted by Crippen LogP contribution is 2.48. The van der Waals surface area contributed by atoms with Crippen molar-refractivity contribution < 1.29 is 14.6 Å². The number of benzene rings is 1. The highest BCUT2D eigenvalue weighted by Gasteiger charge is 2.43. The Morgan fingerprint density at radius 2 is 2.06 bits per heavy atom. The fourth-order valence-electron chi connectivity index (χ4n) is 1.83. The summed E-state index contributed by atoms with van der Waals surface area (Å²) in [5, 5.41) is 17.3. The van der Waals surface area contributed by atoms with Crippen molar-refractivity contribution >= 4 is 5.97 Å². The zero-order valence-electron chi connectivity index (χ0n) is 10.1. The molecule has 0 aliphatic heterocycles. The molecule has 0 atom stereocenters. The summed E-state index contributed by atoms with van der Waals surface area (Å²) in [6, 6.07) is 9.26. The summed E-state index contributed by atoms with van der Waals surface area (Å²) in [5.41, 5.74) is 0.821. The molecular formula is C14H15NO3. The van der Waals surface area contributed by atoms with E-state index in [4.69, 9.17) is 15.1 Å². The van der Waals surface area contributed by atoms with Crippen LogP contribution < -0.4 is 4.74 Å². The number of aliphatic carboxylic acids is 1. The van der Waals surface area contributed by atoms with E-state index < -0.39 is 5.97 Å². The van der Waals surface area contributed by atoms with Crippen LogP contribution in [0.25, 0.3) is 0 Å². The summed E-state index contributed by atoms with van der Waals surface area (Å²) in [6.45, 7) is 0.568. The van der Waals surface area contributed by atoms with Gasteiger partial charge >= 0.3 is 5.97 Å². The van der Waals surface area contributed by atoms with Crippen LogP contribution in [0.5, 0.6) is 5.75 Å². The Labute approximate surface area is 106 Å². The fourth-order valence-corrected chi connectivity index (χ4v) is 1.83. The van der Waals surface area contributed by atoms with Crippen LogP contribution in [0.1, 0.15) is 24.8 Å². The van der Waals surface area contributed by atoms with Crippen molar-refractivity contribution in [1.82, 2.24) is 0 Å². The molecule has 94 valence electrons. The van der Waals surface area contributed by atoms with Crippen molar-refractivity contribution in [1.29, 1.82) is 5.26 Å². The molecule has 1 fully saturated rings. The molecule has 0 bridgehead atoms. The second-order valence-electron chi connectivity index (χ2n) is 4.84. The number of rotatable bonds is 6. The van der Waals surface area contributed by atoms with Gasteiger partial charge in [-0.25, -0.2) is 0 Å². The molecule has 1 aliphatic carbocycles. The zero-order chi connectivity index (χ0) is 13.0. The van der Waals surface area contributed by atoms with Crippen LogP contribution in [-0.2, 0) is 11.2 Å². The molecule has 0 spiro atoms. The Kier molecular flexibility index (Phi) is 3.52. The second-order valence-corrected chi connectivity index (χ2v) is 4.84. The molecule has 1 aliphatic rings. The number of hydrogen-bond donors (Lipinski definition) is 1. The third-order valence-corrected chi connectivity index (χ3v) is 3.23. The monoisotopic (exact) mass is 245 g/mol. The molecule has 0 amide bonds. The lowest BCUT2D eigenvalue weighted by Crippen LogP contribution is -2.12. The molecule has 0 aromatic heterocycles. The number of ether oxygens (including phenoxy) is 1. The molecule has 0 heterocycles. The van der Waals surface area contributed by atoms with Crippen LogP contribution in [0.15, 0.2) is 24.3 Å². The van der Waals surface area contributed by atoms with Gasteiger partial charge in [-0.05, 0) is 30.5 Å². The topological polar surface area (TPSA) is 70.3 Å². The summed E-state index contributed by atoms with van der Waals surface area (Å²) in [5.74, 6) is -0.108. The minimum atomic E-state index is -0.838. The lowest BCUT2D eigenvalue weighted by Gasteiger charge is -2.12. The van der Waals surface area contributed by atoms with E-state index in [1.54, 1.807) is 24.3 Å². The molecule has 0 radical (unpaired) electrons. The molecule has 0 unspecified atom stereocenters. The molecule has 4 nitrogen and oxygen atoms in total. The predicted octanol–water partition coefficient (Wildman–Crippen LogP) is 2.39. The van der Waals surface area contributed by atoms with E-state index >= 15 is 0 Å². The maximum absolute atomic E-state index is 10.5. The van der Waals surface area contributed by atoms with Gasteiger partial charge in [-0.2, -0.15) is 5.26 Å². The summed E-state index contributed by atoms with van der Waals surface area (Å²) in [7, 11) is 0. The van der Waals surface area contributed by atoms with E-state index in [-0.39, 0.29) is 11.8 Å². The van der Waals surface area contributed by atoms with Gasteiger partial charge in [-0.3, -0.25) is 4.79 Å². The van der Waals surface area contributed by atoms with Gasteiger partial charge in [0.15, 0.2) is 0 Å². The van der Waals surface area contributed by atoms with Crippen molar-refractivity contribution in [2.45, 2.75) is 25.7 Å². The quantitative estimate of drug-likeness (QED) is 0.835. The standard InChI is InChI=1S/C14H15NO3/c15-8-7-14(5-6-14)10-18-12-3-1-11(2-4-12)9-13(16)17/h1-4H,5-7,9-10H2,(H,16,17). The van der Waals surface area contributed by atoms with Gasteiger partial charge in [0, 0.05) is 11.8 Å². The van der Waals surface area contributed by atoms with Gasteiger partial charge < -0.3 is 9.84 Å². The van der Waals surface area contributed by atoms with Crippen LogP contribution in [0, 0.1) is 16.7 Å². The molecular weight excluding hydrogens is 230 g/mol. The van der Waals surface area contributed by atoms with Crippen molar-refractivity contribution in [2.24, 2.45) is 5.41 Å². The third-order valence-electron chi connectivity index (χ3n) is 3.23. The molecule has 1 N–H and O–H groups in total. The van der Waals surface area contributed by atoms with Crippen LogP contribution in [0.4, 0.5) is 0 Å². The van der Waals surface area contributed by atoms with Crippen LogP contribution >= 0.6 is 0 Å². The maximum atomic E-state index is 10.5. The number of nitrogens with zero attached hydrogens (tertiary/aromatic N) is 1. The number of nitriles is 1. The lowest BCUT2D eigenvalue weighted by atomic mass is 10.1. The minimum absolute atomic E-state index is 0.0264. The van der Waals surface area contributed by atoms with Crippen molar-refractivity contribution in [3.05, 3.63) is 29.8 Å². The van der Waals surface area contributed by atoms with Gasteiger partial charge in [-0.1, -0.05) is 12.1 Å². The van der Waals surface area contributed by atoms with E-state index in [9.17, 15) is 4.79 Å². The Hall–Kier alpha value is -2.02. The van der Waals surface area contributed by atoms with Gasteiger partial charge in [0.1, 0.15) is 5.75 Å². The summed E-state index contributed by atoms with van der Waals surface area (Å²) >= 11 is 0. The normalized spacial score (nSPS) is 15.7. The van der Waals surface area contributed by atoms with E-state index in [0.29, 0.717) is 13.0 Å². The Bertz CT molecular complexity index is 469. The second kappa shape index (κ2) is 5.09. The molecule has 1 aromatic rings. The number of carbonyl (C=O) groups is 1. The molecule has 1 aromatic carbocycles. The summed E-state index contributed by atoms with van der Waals surface area (Å²) in [6.07, 6.45) is 2.68. The average Bonchev–Trinajstić information content (AvgIpc) is 3.09. The van der Waals surface area contributed by atoms with Crippen LogP contribution in [-0.4, -0.2) is 17.7 Å². The first kappa shape index (κ1) is 12.4. The number of carboxylic acid groups (broad SMARTS) is 1. The van der Waals surface area contributed by atoms with Gasteiger partial charge in [-0.15, -0.1) is 0 Å². The highest BCUT2D eigenvalue weighted by molar-refractivity contribution is 5.70. The first-order valence-electron chi connectivity index (χ1n) is 5.94. The minimum Gasteiger partial charge on any atom is -0.493 e. The van der Waals surface area contributed by atoms with Gasteiger partial charge in [0.05, 0.1) is 19.1 Å². The van der Waals surface area contributed by atoms with E-state index in [1.165, 1.54) is 0 Å². The van der Waals surface area contributed by atoms with E-state index in [0.717, 1.165) is 24.2 Å². The summed E-state index contributed by atoms with van der Waals surface area (Å²) < 4.78 is 5.65. The maximum Gasteiger partial charge on any atom is 0.307 e. The third kappa shape index (κ3) is 3.24. The Morgan fingerprint density at radius 3 is 2.56 bits per heavy atom. The van der Waals surface area contributed by atoms with Crippen molar-refractivity contribution in [3.8, 4) is 11.8 Å². The van der Waals surface area contributed by atoms with Crippen molar-refractivity contribution in [3.63, 3.8) is 0 Å². The molecule has 2 rings (SSSR count). The molecule has 4 heteroatoms. The predicted molar refractivity (Wildman–Crippen MR) is 65.2 cm³/mol. The molecule has 18 heavy (non-hydrogen) atoms. The first-order chi connectivity index (χ1) is 8.63. The van der Waals surface area contributed by atoms with Gasteiger partial charge in [0.25, 0.3) is 0 Å². The highest BCUT2D eigenvalue weighted by atomic mass is 16.5.